The van der Waals surface area contributed by atoms with Crippen LogP contribution in [0.2, 0.25) is 0 Å². The first-order valence-electron chi connectivity index (χ1n) is 5.86. The molecule has 1 atom stereocenters. The van der Waals surface area contributed by atoms with Crippen LogP contribution in [0.5, 0.6) is 0 Å². The SMILES string of the molecule is CSC(C)CCNS(=O)(=O)c1cc(N)c(C)cc1F. The number of nitrogens with two attached hydrogens (primary N) is 1. The molecule has 3 N–H and O–H groups in total. The van der Waals surface area contributed by atoms with E-state index >= 15 is 0 Å². The molecule has 4 nitrogen and oxygen atoms in total. The maximum Gasteiger partial charge on any atom is 0.243 e. The summed E-state index contributed by atoms with van der Waals surface area (Å²) in [5.41, 5.74) is 6.41. The van der Waals surface area contributed by atoms with Crippen LogP contribution in [0.1, 0.15) is 18.9 Å². The van der Waals surface area contributed by atoms with Crippen molar-refractivity contribution in [2.45, 2.75) is 30.4 Å². The minimum Gasteiger partial charge on any atom is -0.398 e. The molecule has 1 unspecified atom stereocenters. The van der Waals surface area contributed by atoms with Crippen LogP contribution in [0.4, 0.5) is 10.1 Å². The Bertz CT molecular complexity index is 547. The second-order valence-corrected chi connectivity index (χ2v) is 7.38. The quantitative estimate of drug-likeness (QED) is 0.790. The second-order valence-electron chi connectivity index (χ2n) is 4.37. The number of nitrogen functional groups attached to an aromatic ring is 1. The van der Waals surface area contributed by atoms with Crippen LogP contribution in [0.15, 0.2) is 17.0 Å². The highest BCUT2D eigenvalue weighted by Crippen LogP contribution is 2.21. The van der Waals surface area contributed by atoms with Crippen molar-refractivity contribution in [2.75, 3.05) is 18.5 Å². The van der Waals surface area contributed by atoms with Gasteiger partial charge in [-0.3, -0.25) is 0 Å². The molecule has 0 aliphatic heterocycles. The summed E-state index contributed by atoms with van der Waals surface area (Å²) in [6, 6.07) is 2.29. The summed E-state index contributed by atoms with van der Waals surface area (Å²) in [6.07, 6.45) is 2.64. The molecule has 0 aliphatic rings. The molecular weight excluding hydrogens is 287 g/mol. The lowest BCUT2D eigenvalue weighted by atomic mass is 10.2. The van der Waals surface area contributed by atoms with Gasteiger partial charge in [0.2, 0.25) is 10.0 Å². The molecule has 0 bridgehead atoms. The van der Waals surface area contributed by atoms with Crippen molar-refractivity contribution in [1.29, 1.82) is 0 Å². The van der Waals surface area contributed by atoms with E-state index in [0.29, 0.717) is 17.2 Å². The van der Waals surface area contributed by atoms with Gasteiger partial charge in [0.1, 0.15) is 10.7 Å². The van der Waals surface area contributed by atoms with Crippen LogP contribution in [0, 0.1) is 12.7 Å². The highest BCUT2D eigenvalue weighted by atomic mass is 32.2. The van der Waals surface area contributed by atoms with Gasteiger partial charge in [0.15, 0.2) is 0 Å². The van der Waals surface area contributed by atoms with Gasteiger partial charge in [-0.15, -0.1) is 0 Å². The van der Waals surface area contributed by atoms with Gasteiger partial charge in [0, 0.05) is 17.5 Å². The number of rotatable bonds is 6. The van der Waals surface area contributed by atoms with Crippen LogP contribution in [0.3, 0.4) is 0 Å². The highest BCUT2D eigenvalue weighted by molar-refractivity contribution is 7.99. The van der Waals surface area contributed by atoms with Crippen LogP contribution in [-0.2, 0) is 10.0 Å². The van der Waals surface area contributed by atoms with Crippen LogP contribution < -0.4 is 10.5 Å². The van der Waals surface area contributed by atoms with Crippen molar-refractivity contribution >= 4 is 27.5 Å². The predicted molar refractivity (Wildman–Crippen MR) is 78.3 cm³/mol. The predicted octanol–water partition coefficient (Wildman–Crippen LogP) is 2.14. The van der Waals surface area contributed by atoms with Gasteiger partial charge in [-0.05, 0) is 37.3 Å². The van der Waals surface area contributed by atoms with E-state index in [1.54, 1.807) is 18.7 Å². The summed E-state index contributed by atoms with van der Waals surface area (Å²) in [5, 5.41) is 0.343. The van der Waals surface area contributed by atoms with E-state index in [-0.39, 0.29) is 12.2 Å². The molecule has 0 radical (unpaired) electrons. The van der Waals surface area contributed by atoms with E-state index < -0.39 is 20.7 Å². The van der Waals surface area contributed by atoms with Crippen molar-refractivity contribution in [1.82, 2.24) is 4.72 Å². The van der Waals surface area contributed by atoms with E-state index in [1.807, 2.05) is 13.2 Å². The van der Waals surface area contributed by atoms with E-state index in [0.717, 1.165) is 12.1 Å². The van der Waals surface area contributed by atoms with Gasteiger partial charge in [0.05, 0.1) is 0 Å². The Morgan fingerprint density at radius 2 is 2.11 bits per heavy atom. The Kier molecular flexibility index (Phi) is 5.64. The average Bonchev–Trinajstić information content (AvgIpc) is 2.33. The lowest BCUT2D eigenvalue weighted by molar-refractivity contribution is 0.555. The van der Waals surface area contributed by atoms with Crippen molar-refractivity contribution in [2.24, 2.45) is 0 Å². The zero-order valence-corrected chi connectivity index (χ0v) is 12.9. The third-order valence-electron chi connectivity index (χ3n) is 2.86. The number of anilines is 1. The lowest BCUT2D eigenvalue weighted by Crippen LogP contribution is -2.27. The topological polar surface area (TPSA) is 72.2 Å². The van der Waals surface area contributed by atoms with E-state index in [4.69, 9.17) is 5.73 Å². The molecule has 0 aromatic heterocycles. The Morgan fingerprint density at radius 1 is 1.47 bits per heavy atom. The van der Waals surface area contributed by atoms with Crippen LogP contribution in [0.25, 0.3) is 0 Å². The third kappa shape index (κ3) is 4.36. The highest BCUT2D eigenvalue weighted by Gasteiger charge is 2.20. The number of benzene rings is 1. The van der Waals surface area contributed by atoms with Gasteiger partial charge < -0.3 is 5.73 Å². The van der Waals surface area contributed by atoms with Gasteiger partial charge >= 0.3 is 0 Å². The molecule has 0 heterocycles. The molecule has 1 aromatic rings. The molecule has 19 heavy (non-hydrogen) atoms. The molecule has 0 saturated carbocycles. The Hall–Kier alpha value is -0.790. The maximum atomic E-state index is 13.7. The van der Waals surface area contributed by atoms with E-state index in [1.165, 1.54) is 0 Å². The molecule has 1 aromatic carbocycles. The zero-order chi connectivity index (χ0) is 14.6. The molecule has 0 saturated heterocycles. The number of halogens is 1. The molecule has 7 heteroatoms. The Labute approximate surface area is 118 Å². The summed E-state index contributed by atoms with van der Waals surface area (Å²) < 4.78 is 40.0. The minimum absolute atomic E-state index is 0.263. The van der Waals surface area contributed by atoms with E-state index in [9.17, 15) is 12.8 Å². The summed E-state index contributed by atoms with van der Waals surface area (Å²) in [5.74, 6) is -0.780. The van der Waals surface area contributed by atoms with Gasteiger partial charge in [-0.1, -0.05) is 6.92 Å². The molecule has 1 rings (SSSR count). The van der Waals surface area contributed by atoms with Crippen molar-refractivity contribution < 1.29 is 12.8 Å². The number of nitrogens with one attached hydrogen (secondary N) is 1. The summed E-state index contributed by atoms with van der Waals surface area (Å²) >= 11 is 1.65. The smallest absolute Gasteiger partial charge is 0.243 e. The maximum absolute atomic E-state index is 13.7. The number of sulfonamides is 1. The average molecular weight is 306 g/mol. The lowest BCUT2D eigenvalue weighted by Gasteiger charge is -2.11. The summed E-state index contributed by atoms with van der Waals surface area (Å²) in [6.45, 7) is 3.91. The third-order valence-corrected chi connectivity index (χ3v) is 5.37. The normalized spacial score (nSPS) is 13.5. The summed E-state index contributed by atoms with van der Waals surface area (Å²) in [4.78, 5) is -0.396. The van der Waals surface area contributed by atoms with Crippen molar-refractivity contribution in [3.8, 4) is 0 Å². The molecule has 0 spiro atoms. The van der Waals surface area contributed by atoms with Crippen LogP contribution >= 0.6 is 11.8 Å². The minimum atomic E-state index is -3.85. The molecule has 0 amide bonds. The largest absolute Gasteiger partial charge is 0.398 e. The van der Waals surface area contributed by atoms with Crippen molar-refractivity contribution in [3.63, 3.8) is 0 Å². The van der Waals surface area contributed by atoms with Gasteiger partial charge in [0.25, 0.3) is 0 Å². The number of thioether (sulfide) groups is 1. The molecule has 108 valence electrons. The van der Waals surface area contributed by atoms with Crippen molar-refractivity contribution in [3.05, 3.63) is 23.5 Å². The van der Waals surface area contributed by atoms with E-state index in [2.05, 4.69) is 4.72 Å². The fourth-order valence-corrected chi connectivity index (χ4v) is 2.96. The Morgan fingerprint density at radius 3 is 2.68 bits per heavy atom. The number of hydrogen-bond acceptors (Lipinski definition) is 4. The number of aryl methyl sites for hydroxylation is 1. The van der Waals surface area contributed by atoms with Gasteiger partial charge in [-0.25, -0.2) is 17.5 Å². The zero-order valence-electron chi connectivity index (χ0n) is 11.2. The fraction of sp³-hybridized carbons (Fsp3) is 0.500. The van der Waals surface area contributed by atoms with Crippen LogP contribution in [-0.4, -0.2) is 26.5 Å². The number of hydrogen-bond donors (Lipinski definition) is 2. The monoisotopic (exact) mass is 306 g/mol. The first kappa shape index (κ1) is 16.3. The Balaban J connectivity index is 2.86. The first-order valence-corrected chi connectivity index (χ1v) is 8.63. The van der Waals surface area contributed by atoms with Gasteiger partial charge in [-0.2, -0.15) is 11.8 Å². The fourth-order valence-electron chi connectivity index (χ4n) is 1.47. The first-order chi connectivity index (χ1) is 8.77. The molecule has 0 fully saturated rings. The molecule has 0 aliphatic carbocycles. The summed E-state index contributed by atoms with van der Waals surface area (Å²) in [7, 11) is -3.85. The molecular formula is C12H19FN2O2S2. The second kappa shape index (κ2) is 6.58. The standard InChI is InChI=1S/C12H19FN2O2S2/c1-8-6-10(13)12(7-11(8)14)19(16,17)15-5-4-9(2)18-3/h6-7,9,15H,4-5,14H2,1-3H3.